The number of thioether (sulfide) groups is 2. The van der Waals surface area contributed by atoms with Crippen LogP contribution in [-0.2, 0) is 11.5 Å². The quantitative estimate of drug-likeness (QED) is 0.482. The van der Waals surface area contributed by atoms with Gasteiger partial charge in [0, 0.05) is 23.9 Å². The van der Waals surface area contributed by atoms with E-state index >= 15 is 0 Å². The van der Waals surface area contributed by atoms with Crippen LogP contribution in [0.2, 0.25) is 0 Å². The normalized spacial score (nSPS) is 10.5. The lowest BCUT2D eigenvalue weighted by atomic mass is 10.2. The second kappa shape index (κ2) is 9.92. The minimum absolute atomic E-state index is 0.825. The minimum Gasteiger partial charge on any atom is -0.255 e. The van der Waals surface area contributed by atoms with Crippen LogP contribution < -0.4 is 0 Å². The molecule has 3 rings (SSSR count). The van der Waals surface area contributed by atoms with E-state index in [1.165, 1.54) is 11.1 Å². The third-order valence-electron chi connectivity index (χ3n) is 3.51. The van der Waals surface area contributed by atoms with E-state index in [1.54, 1.807) is 35.9 Å². The summed E-state index contributed by atoms with van der Waals surface area (Å²) in [4.78, 5) is 8.58. The molecule has 3 aromatic rings. The lowest BCUT2D eigenvalue weighted by molar-refractivity contribution is 1.31. The van der Waals surface area contributed by atoms with Crippen LogP contribution in [0.3, 0.4) is 0 Å². The molecule has 130 valence electrons. The number of aromatic nitrogens is 2. The van der Waals surface area contributed by atoms with Crippen molar-refractivity contribution in [1.82, 2.24) is 9.97 Å². The largest absolute Gasteiger partial charge is 0.255 e. The van der Waals surface area contributed by atoms with Crippen molar-refractivity contribution in [3.63, 3.8) is 0 Å². The van der Waals surface area contributed by atoms with E-state index in [1.807, 2.05) is 36.4 Å². The molecular formula is C20H16N2S4. The van der Waals surface area contributed by atoms with E-state index in [2.05, 4.69) is 34.2 Å². The summed E-state index contributed by atoms with van der Waals surface area (Å²) in [5, 5.41) is 0. The fraction of sp³-hybridized carbons (Fsp3) is 0.100. The van der Waals surface area contributed by atoms with E-state index in [4.69, 9.17) is 24.4 Å². The van der Waals surface area contributed by atoms with Gasteiger partial charge in [-0.1, -0.05) is 60.8 Å². The highest BCUT2D eigenvalue weighted by Crippen LogP contribution is 2.21. The molecular weight excluding hydrogens is 397 g/mol. The van der Waals surface area contributed by atoms with Crippen LogP contribution in [-0.4, -0.2) is 18.4 Å². The average molecular weight is 413 g/mol. The van der Waals surface area contributed by atoms with Crippen LogP contribution >= 0.6 is 48.0 Å². The molecule has 0 saturated heterocycles. The Kier molecular flexibility index (Phi) is 7.32. The Balaban J connectivity index is 1.49. The third kappa shape index (κ3) is 5.71. The van der Waals surface area contributed by atoms with E-state index < -0.39 is 0 Å². The van der Waals surface area contributed by atoms with E-state index in [-0.39, 0.29) is 0 Å². The van der Waals surface area contributed by atoms with Crippen LogP contribution in [0.4, 0.5) is 0 Å². The molecule has 2 aromatic heterocycles. The SMILES string of the molecule is S=C(SCc1ccc(CSC(=S)c2ccccn2)cc1)c1ccccn1. The van der Waals surface area contributed by atoms with Gasteiger partial charge in [-0.25, -0.2) is 0 Å². The lowest BCUT2D eigenvalue weighted by Crippen LogP contribution is -1.96. The van der Waals surface area contributed by atoms with Gasteiger partial charge in [0.25, 0.3) is 0 Å². The summed E-state index contributed by atoms with van der Waals surface area (Å²) < 4.78 is 1.65. The van der Waals surface area contributed by atoms with Gasteiger partial charge in [-0.2, -0.15) is 0 Å². The first kappa shape index (κ1) is 19.2. The van der Waals surface area contributed by atoms with Crippen molar-refractivity contribution >= 4 is 56.4 Å². The Hall–Kier alpha value is -1.60. The van der Waals surface area contributed by atoms with E-state index in [0.29, 0.717) is 0 Å². The number of thiocarbonyl (C=S) groups is 2. The lowest BCUT2D eigenvalue weighted by Gasteiger charge is -2.06. The highest BCUT2D eigenvalue weighted by atomic mass is 32.2. The monoisotopic (exact) mass is 412 g/mol. The van der Waals surface area contributed by atoms with Crippen LogP contribution in [0.25, 0.3) is 0 Å². The van der Waals surface area contributed by atoms with Gasteiger partial charge in [-0.05, 0) is 35.4 Å². The van der Waals surface area contributed by atoms with Crippen molar-refractivity contribution in [1.29, 1.82) is 0 Å². The molecule has 0 spiro atoms. The molecule has 0 aliphatic carbocycles. The number of hydrogen-bond donors (Lipinski definition) is 0. The van der Waals surface area contributed by atoms with Crippen molar-refractivity contribution in [3.05, 3.63) is 95.6 Å². The maximum absolute atomic E-state index is 5.44. The molecule has 0 amide bonds. The van der Waals surface area contributed by atoms with Crippen LogP contribution in [0, 0.1) is 0 Å². The van der Waals surface area contributed by atoms with Gasteiger partial charge in [-0.15, -0.1) is 23.5 Å². The van der Waals surface area contributed by atoms with Gasteiger partial charge in [-0.3, -0.25) is 9.97 Å². The van der Waals surface area contributed by atoms with Crippen molar-refractivity contribution in [3.8, 4) is 0 Å². The summed E-state index contributed by atoms with van der Waals surface area (Å²) in [5.74, 6) is 1.68. The Morgan fingerprint density at radius 3 is 1.42 bits per heavy atom. The number of nitrogens with zero attached hydrogens (tertiary/aromatic N) is 2. The Labute approximate surface area is 172 Å². The third-order valence-corrected chi connectivity index (χ3v) is 6.53. The maximum atomic E-state index is 5.44. The highest BCUT2D eigenvalue weighted by molar-refractivity contribution is 8.23. The van der Waals surface area contributed by atoms with Gasteiger partial charge in [0.1, 0.15) is 0 Å². The van der Waals surface area contributed by atoms with Crippen molar-refractivity contribution in [2.24, 2.45) is 0 Å². The van der Waals surface area contributed by atoms with Gasteiger partial charge in [0.15, 0.2) is 0 Å². The first-order valence-corrected chi connectivity index (χ1v) is 10.8. The molecule has 2 nitrogen and oxygen atoms in total. The summed E-state index contributed by atoms with van der Waals surface area (Å²) in [5.41, 5.74) is 4.22. The van der Waals surface area contributed by atoms with Crippen LogP contribution in [0.15, 0.2) is 73.1 Å². The predicted molar refractivity (Wildman–Crippen MR) is 121 cm³/mol. The molecule has 0 N–H and O–H groups in total. The molecule has 26 heavy (non-hydrogen) atoms. The number of benzene rings is 1. The second-order valence-electron chi connectivity index (χ2n) is 5.40. The maximum Gasteiger partial charge on any atom is 0.0966 e. The molecule has 0 bridgehead atoms. The van der Waals surface area contributed by atoms with E-state index in [0.717, 1.165) is 31.3 Å². The molecule has 0 aliphatic rings. The molecule has 0 fully saturated rings. The van der Waals surface area contributed by atoms with Crippen LogP contribution in [0.5, 0.6) is 0 Å². The zero-order valence-corrected chi connectivity index (χ0v) is 17.1. The highest BCUT2D eigenvalue weighted by Gasteiger charge is 2.05. The summed E-state index contributed by atoms with van der Waals surface area (Å²) in [7, 11) is 0. The first-order valence-electron chi connectivity index (χ1n) is 7.96. The molecule has 0 aliphatic heterocycles. The Morgan fingerprint density at radius 1 is 0.654 bits per heavy atom. The molecule has 6 heteroatoms. The smallest absolute Gasteiger partial charge is 0.0966 e. The Morgan fingerprint density at radius 2 is 1.08 bits per heavy atom. The average Bonchev–Trinajstić information content (AvgIpc) is 2.72. The molecule has 2 heterocycles. The van der Waals surface area contributed by atoms with Crippen molar-refractivity contribution in [2.75, 3.05) is 0 Å². The van der Waals surface area contributed by atoms with Gasteiger partial charge >= 0.3 is 0 Å². The molecule has 0 atom stereocenters. The molecule has 1 aromatic carbocycles. The fourth-order valence-electron chi connectivity index (χ4n) is 2.14. The first-order chi connectivity index (χ1) is 12.7. The minimum atomic E-state index is 0.825. The van der Waals surface area contributed by atoms with Crippen molar-refractivity contribution < 1.29 is 0 Å². The van der Waals surface area contributed by atoms with Crippen LogP contribution in [0.1, 0.15) is 22.5 Å². The summed E-state index contributed by atoms with van der Waals surface area (Å²) in [6.07, 6.45) is 3.54. The van der Waals surface area contributed by atoms with Gasteiger partial charge < -0.3 is 0 Å². The fourth-order valence-corrected chi connectivity index (χ4v) is 4.26. The number of hydrogen-bond acceptors (Lipinski definition) is 6. The standard InChI is InChI=1S/C20H16N2S4/c23-19(17-5-1-3-11-21-17)25-13-15-7-9-16(10-8-15)14-26-20(24)18-6-2-4-12-22-18/h1-12H,13-14H2. The Bertz CT molecular complexity index is 791. The predicted octanol–water partition coefficient (Wildman–Crippen LogP) is 5.69. The van der Waals surface area contributed by atoms with E-state index in [9.17, 15) is 0 Å². The topological polar surface area (TPSA) is 25.8 Å². The number of pyridine rings is 2. The zero-order chi connectivity index (χ0) is 18.2. The zero-order valence-electron chi connectivity index (χ0n) is 13.9. The molecule has 0 unspecified atom stereocenters. The number of rotatable bonds is 6. The summed E-state index contributed by atoms with van der Waals surface area (Å²) in [6, 6.07) is 20.2. The van der Waals surface area contributed by atoms with Gasteiger partial charge in [0.2, 0.25) is 0 Å². The summed E-state index contributed by atoms with van der Waals surface area (Å²) >= 11 is 14.2. The molecule has 0 saturated carbocycles. The summed E-state index contributed by atoms with van der Waals surface area (Å²) in [6.45, 7) is 0. The second-order valence-corrected chi connectivity index (χ2v) is 8.70. The van der Waals surface area contributed by atoms with Gasteiger partial charge in [0.05, 0.1) is 19.8 Å². The van der Waals surface area contributed by atoms with Crippen molar-refractivity contribution in [2.45, 2.75) is 11.5 Å². The molecule has 0 radical (unpaired) electrons.